The molecule has 2 rings (SSSR count). The van der Waals surface area contributed by atoms with Gasteiger partial charge in [0.25, 0.3) is 0 Å². The van der Waals surface area contributed by atoms with E-state index in [0.717, 1.165) is 57.9 Å². The number of piperidine rings is 1. The van der Waals surface area contributed by atoms with Crippen molar-refractivity contribution >= 4 is 5.96 Å². The first kappa shape index (κ1) is 21.4. The maximum absolute atomic E-state index is 13.6. The molecule has 0 aromatic heterocycles. The predicted octanol–water partition coefficient (Wildman–Crippen LogP) is 1.99. The summed E-state index contributed by atoms with van der Waals surface area (Å²) in [5.41, 5.74) is 0. The lowest BCUT2D eigenvalue weighted by Gasteiger charge is -2.29. The molecule has 1 fully saturated rings. The third-order valence-corrected chi connectivity index (χ3v) is 4.52. The largest absolute Gasteiger partial charge is 0.486 e. The van der Waals surface area contributed by atoms with E-state index in [9.17, 15) is 9.50 Å². The van der Waals surface area contributed by atoms with Crippen molar-refractivity contribution in [3.05, 3.63) is 30.1 Å². The number of hydrogen-bond acceptors (Lipinski definition) is 4. The Morgan fingerprint density at radius 1 is 1.33 bits per heavy atom. The molecule has 0 radical (unpaired) electrons. The summed E-state index contributed by atoms with van der Waals surface area (Å²) in [6.45, 7) is 8.91. The van der Waals surface area contributed by atoms with Crippen LogP contribution in [0.15, 0.2) is 29.3 Å². The molecule has 152 valence electrons. The molecule has 3 N–H and O–H groups in total. The first-order valence-electron chi connectivity index (χ1n) is 9.92. The van der Waals surface area contributed by atoms with Crippen molar-refractivity contribution in [2.24, 2.45) is 4.99 Å². The Bertz CT molecular complexity index is 577. The topological polar surface area (TPSA) is 69.1 Å². The van der Waals surface area contributed by atoms with E-state index in [2.05, 4.69) is 20.5 Å². The minimum atomic E-state index is -0.358. The quantitative estimate of drug-likeness (QED) is 0.347. The minimum Gasteiger partial charge on any atom is -0.486 e. The summed E-state index contributed by atoms with van der Waals surface area (Å²) in [5.74, 6) is 0.643. The molecule has 27 heavy (non-hydrogen) atoms. The lowest BCUT2D eigenvalue weighted by molar-refractivity contribution is 0.0823. The molecule has 0 spiro atoms. The van der Waals surface area contributed by atoms with Gasteiger partial charge in [-0.05, 0) is 51.8 Å². The number of rotatable bonds is 9. The number of nitrogens with one attached hydrogen (secondary N) is 2. The second kappa shape index (κ2) is 11.8. The first-order valence-corrected chi connectivity index (χ1v) is 9.92. The summed E-state index contributed by atoms with van der Waals surface area (Å²) in [7, 11) is 0. The molecule has 1 unspecified atom stereocenters. The Morgan fingerprint density at radius 3 is 2.78 bits per heavy atom. The van der Waals surface area contributed by atoms with Crippen LogP contribution in [0, 0.1) is 5.82 Å². The molecule has 1 saturated heterocycles. The van der Waals surface area contributed by atoms with Crippen molar-refractivity contribution in [3.8, 4) is 5.75 Å². The summed E-state index contributed by atoms with van der Waals surface area (Å²) >= 11 is 0. The van der Waals surface area contributed by atoms with Gasteiger partial charge >= 0.3 is 0 Å². The summed E-state index contributed by atoms with van der Waals surface area (Å²) < 4.78 is 19.3. The van der Waals surface area contributed by atoms with Crippen LogP contribution in [-0.4, -0.2) is 67.4 Å². The third kappa shape index (κ3) is 8.13. The van der Waals surface area contributed by atoms with Crippen LogP contribution in [0.4, 0.5) is 4.39 Å². The Labute approximate surface area is 161 Å². The standard InChI is InChI=1S/C20H33FN4O2/c1-3-22-20(23-11-6-12-25-13-9-17(26)10-14-25)24-15-16(2)27-19-8-5-4-7-18(19)21/h4-5,7-8,16-17,26H,3,6,9-15H2,1-2H3,(H2,22,23,24). The maximum atomic E-state index is 13.6. The van der Waals surface area contributed by atoms with Crippen LogP contribution in [0.3, 0.4) is 0 Å². The average Bonchev–Trinajstić information content (AvgIpc) is 2.66. The van der Waals surface area contributed by atoms with Gasteiger partial charge in [0.2, 0.25) is 0 Å². The molecule has 1 aliphatic heterocycles. The highest BCUT2D eigenvalue weighted by molar-refractivity contribution is 5.79. The number of guanidine groups is 1. The first-order chi connectivity index (χ1) is 13.1. The molecule has 1 aliphatic rings. The van der Waals surface area contributed by atoms with Crippen LogP contribution in [0.5, 0.6) is 5.75 Å². The molecule has 0 aliphatic carbocycles. The molecule has 0 amide bonds. The van der Waals surface area contributed by atoms with Crippen molar-refractivity contribution in [3.63, 3.8) is 0 Å². The highest BCUT2D eigenvalue weighted by Crippen LogP contribution is 2.17. The summed E-state index contributed by atoms with van der Waals surface area (Å²) in [6.07, 6.45) is 2.41. The van der Waals surface area contributed by atoms with Crippen molar-refractivity contribution in [2.75, 3.05) is 39.3 Å². The second-order valence-corrected chi connectivity index (χ2v) is 6.93. The monoisotopic (exact) mass is 380 g/mol. The van der Waals surface area contributed by atoms with Crippen LogP contribution in [0.1, 0.15) is 33.1 Å². The number of aliphatic imine (C=N–C) groups is 1. The van der Waals surface area contributed by atoms with E-state index in [1.807, 2.05) is 13.8 Å². The summed E-state index contributed by atoms with van der Waals surface area (Å²) in [5, 5.41) is 16.1. The van der Waals surface area contributed by atoms with Gasteiger partial charge in [0.15, 0.2) is 17.5 Å². The van der Waals surface area contributed by atoms with Gasteiger partial charge in [0.05, 0.1) is 12.6 Å². The zero-order chi connectivity index (χ0) is 19.5. The summed E-state index contributed by atoms with van der Waals surface area (Å²) in [4.78, 5) is 6.93. The van der Waals surface area contributed by atoms with Gasteiger partial charge in [0, 0.05) is 26.2 Å². The number of hydrogen-bond donors (Lipinski definition) is 3. The fourth-order valence-electron chi connectivity index (χ4n) is 3.01. The van der Waals surface area contributed by atoms with E-state index in [4.69, 9.17) is 4.74 Å². The Hall–Kier alpha value is -1.86. The number of aliphatic hydroxyl groups is 1. The maximum Gasteiger partial charge on any atom is 0.191 e. The lowest BCUT2D eigenvalue weighted by atomic mass is 10.1. The van der Waals surface area contributed by atoms with Gasteiger partial charge in [-0.1, -0.05) is 12.1 Å². The number of ether oxygens (including phenoxy) is 1. The van der Waals surface area contributed by atoms with Gasteiger partial charge in [-0.15, -0.1) is 0 Å². The molecule has 0 saturated carbocycles. The summed E-state index contributed by atoms with van der Waals surface area (Å²) in [6, 6.07) is 6.41. The molecule has 1 atom stereocenters. The molecule has 7 heteroatoms. The average molecular weight is 381 g/mol. The van der Waals surface area contributed by atoms with Crippen LogP contribution in [0.25, 0.3) is 0 Å². The Balaban J connectivity index is 1.70. The molecule has 1 aromatic carbocycles. The van der Waals surface area contributed by atoms with Gasteiger partial charge in [-0.2, -0.15) is 0 Å². The van der Waals surface area contributed by atoms with Gasteiger partial charge in [-0.25, -0.2) is 9.38 Å². The van der Waals surface area contributed by atoms with Crippen LogP contribution in [-0.2, 0) is 0 Å². The predicted molar refractivity (Wildman–Crippen MR) is 107 cm³/mol. The van der Waals surface area contributed by atoms with E-state index in [1.165, 1.54) is 6.07 Å². The highest BCUT2D eigenvalue weighted by atomic mass is 19.1. The second-order valence-electron chi connectivity index (χ2n) is 6.93. The van der Waals surface area contributed by atoms with Crippen LogP contribution in [0.2, 0.25) is 0 Å². The molecule has 0 bridgehead atoms. The van der Waals surface area contributed by atoms with Crippen LogP contribution < -0.4 is 15.4 Å². The fourth-order valence-corrected chi connectivity index (χ4v) is 3.01. The van der Waals surface area contributed by atoms with Gasteiger partial charge < -0.3 is 25.4 Å². The minimum absolute atomic E-state index is 0.125. The number of likely N-dealkylation sites (tertiary alicyclic amines) is 1. The van der Waals surface area contributed by atoms with Crippen LogP contribution >= 0.6 is 0 Å². The third-order valence-electron chi connectivity index (χ3n) is 4.52. The highest BCUT2D eigenvalue weighted by Gasteiger charge is 2.16. The number of halogens is 1. The van der Waals surface area contributed by atoms with E-state index in [-0.39, 0.29) is 23.8 Å². The SMILES string of the molecule is CCNC(=NCC(C)Oc1ccccc1F)NCCCN1CCC(O)CC1. The van der Waals surface area contributed by atoms with Crippen molar-refractivity contribution in [1.82, 2.24) is 15.5 Å². The number of aliphatic hydroxyl groups excluding tert-OH is 1. The van der Waals surface area contributed by atoms with Crippen molar-refractivity contribution < 1.29 is 14.2 Å². The van der Waals surface area contributed by atoms with Crippen molar-refractivity contribution in [2.45, 2.75) is 45.3 Å². The van der Waals surface area contributed by atoms with Gasteiger partial charge in [-0.3, -0.25) is 0 Å². The number of para-hydroxylation sites is 1. The number of nitrogens with zero attached hydrogens (tertiary/aromatic N) is 2. The van der Waals surface area contributed by atoms with Gasteiger partial charge in [0.1, 0.15) is 6.10 Å². The van der Waals surface area contributed by atoms with E-state index in [0.29, 0.717) is 6.54 Å². The van der Waals surface area contributed by atoms with E-state index in [1.54, 1.807) is 18.2 Å². The molecule has 1 aromatic rings. The zero-order valence-corrected chi connectivity index (χ0v) is 16.5. The van der Waals surface area contributed by atoms with E-state index < -0.39 is 0 Å². The normalized spacial score (nSPS) is 17.6. The fraction of sp³-hybridized carbons (Fsp3) is 0.650. The smallest absolute Gasteiger partial charge is 0.191 e. The Morgan fingerprint density at radius 2 is 2.07 bits per heavy atom. The van der Waals surface area contributed by atoms with E-state index >= 15 is 0 Å². The van der Waals surface area contributed by atoms with Crippen molar-refractivity contribution in [1.29, 1.82) is 0 Å². The lowest BCUT2D eigenvalue weighted by Crippen LogP contribution is -2.40. The molecule has 6 nitrogen and oxygen atoms in total. The Kier molecular flexibility index (Phi) is 9.35. The zero-order valence-electron chi connectivity index (χ0n) is 16.5. The number of benzene rings is 1. The molecule has 1 heterocycles. The molecular weight excluding hydrogens is 347 g/mol. The molecular formula is C20H33FN4O2.